The maximum absolute atomic E-state index is 5.51. The zero-order valence-corrected chi connectivity index (χ0v) is 18.2. The maximum atomic E-state index is 5.51. The van der Waals surface area contributed by atoms with Gasteiger partial charge in [0.1, 0.15) is 0 Å². The van der Waals surface area contributed by atoms with Crippen molar-refractivity contribution in [3.63, 3.8) is 0 Å². The standard InChI is InChI=1S/C23H24N6S/c1-13-4-5-17-20(8-13)26-21(30)10-15-11-24-23(28-22(15)17)27-19-9-16-12-29(3)7-6-18(16)25-14(19)2/h4-5,8-9,11H,6-7,10,12H2,1-3H3,(H,26,30)(H,24,27,28). The van der Waals surface area contributed by atoms with E-state index in [0.29, 0.717) is 12.4 Å². The van der Waals surface area contributed by atoms with Gasteiger partial charge in [-0.2, -0.15) is 0 Å². The molecule has 0 amide bonds. The Kier molecular flexibility index (Phi) is 4.72. The van der Waals surface area contributed by atoms with E-state index >= 15 is 0 Å². The van der Waals surface area contributed by atoms with Crippen molar-refractivity contribution in [3.8, 4) is 11.3 Å². The van der Waals surface area contributed by atoms with Gasteiger partial charge in [-0.25, -0.2) is 9.97 Å². The number of benzene rings is 1. The van der Waals surface area contributed by atoms with E-state index in [-0.39, 0.29) is 0 Å². The van der Waals surface area contributed by atoms with Crippen LogP contribution in [0.4, 0.5) is 17.3 Å². The van der Waals surface area contributed by atoms with Gasteiger partial charge in [0.05, 0.1) is 22.1 Å². The van der Waals surface area contributed by atoms with E-state index in [2.05, 4.69) is 58.8 Å². The van der Waals surface area contributed by atoms with Crippen molar-refractivity contribution in [2.75, 3.05) is 24.2 Å². The molecule has 2 aromatic heterocycles. The molecule has 0 atom stereocenters. The lowest BCUT2D eigenvalue weighted by atomic mass is 10.0. The molecule has 0 bridgehead atoms. The molecule has 2 aliphatic heterocycles. The Hall–Kier alpha value is -2.90. The highest BCUT2D eigenvalue weighted by Gasteiger charge is 2.21. The Morgan fingerprint density at radius 3 is 2.87 bits per heavy atom. The number of rotatable bonds is 2. The molecule has 0 fully saturated rings. The fraction of sp³-hybridized carbons (Fsp3) is 0.304. The molecule has 2 N–H and O–H groups in total. The molecular formula is C23H24N6S. The number of hydrogen-bond acceptors (Lipinski definition) is 6. The van der Waals surface area contributed by atoms with Crippen LogP contribution >= 0.6 is 12.2 Å². The van der Waals surface area contributed by atoms with E-state index in [4.69, 9.17) is 22.2 Å². The van der Waals surface area contributed by atoms with Crippen molar-refractivity contribution in [3.05, 3.63) is 58.5 Å². The van der Waals surface area contributed by atoms with Crippen LogP contribution in [0.25, 0.3) is 11.3 Å². The van der Waals surface area contributed by atoms with Crippen LogP contribution < -0.4 is 10.6 Å². The number of aryl methyl sites for hydroxylation is 2. The summed E-state index contributed by atoms with van der Waals surface area (Å²) < 4.78 is 0. The number of aromatic nitrogens is 3. The number of likely N-dealkylation sites (N-methyl/N-ethyl adjacent to an activating group) is 1. The van der Waals surface area contributed by atoms with Gasteiger partial charge in [0.15, 0.2) is 0 Å². The first kappa shape index (κ1) is 19.1. The molecule has 3 aromatic rings. The third-order valence-corrected chi connectivity index (χ3v) is 5.96. The average molecular weight is 417 g/mol. The summed E-state index contributed by atoms with van der Waals surface area (Å²) in [5, 5.41) is 6.76. The smallest absolute Gasteiger partial charge is 0.227 e. The van der Waals surface area contributed by atoms with Gasteiger partial charge in [-0.1, -0.05) is 24.4 Å². The summed E-state index contributed by atoms with van der Waals surface area (Å²) in [6.45, 7) is 6.07. The Labute approximate surface area is 181 Å². The van der Waals surface area contributed by atoms with Crippen LogP contribution in [0.5, 0.6) is 0 Å². The summed E-state index contributed by atoms with van der Waals surface area (Å²) in [7, 11) is 2.14. The highest BCUT2D eigenvalue weighted by molar-refractivity contribution is 7.80. The number of pyridine rings is 1. The van der Waals surface area contributed by atoms with Gasteiger partial charge in [0.25, 0.3) is 0 Å². The maximum Gasteiger partial charge on any atom is 0.227 e. The molecule has 4 heterocycles. The molecule has 2 aliphatic rings. The Morgan fingerprint density at radius 2 is 2.00 bits per heavy atom. The summed E-state index contributed by atoms with van der Waals surface area (Å²) in [6.07, 6.45) is 3.50. The molecule has 6 nitrogen and oxygen atoms in total. The third-order valence-electron chi connectivity index (χ3n) is 5.72. The summed E-state index contributed by atoms with van der Waals surface area (Å²) in [6, 6.07) is 8.50. The highest BCUT2D eigenvalue weighted by Crippen LogP contribution is 2.34. The van der Waals surface area contributed by atoms with E-state index in [1.54, 1.807) is 0 Å². The van der Waals surface area contributed by atoms with Gasteiger partial charge in [-0.05, 0) is 44.2 Å². The predicted molar refractivity (Wildman–Crippen MR) is 124 cm³/mol. The minimum atomic E-state index is 0.571. The van der Waals surface area contributed by atoms with E-state index < -0.39 is 0 Å². The monoisotopic (exact) mass is 416 g/mol. The van der Waals surface area contributed by atoms with Crippen molar-refractivity contribution in [2.45, 2.75) is 33.2 Å². The molecule has 0 saturated carbocycles. The zero-order chi connectivity index (χ0) is 20.8. The Bertz CT molecular complexity index is 1170. The second kappa shape index (κ2) is 7.41. The van der Waals surface area contributed by atoms with E-state index in [0.717, 1.165) is 58.4 Å². The van der Waals surface area contributed by atoms with E-state index in [9.17, 15) is 0 Å². The SMILES string of the molecule is Cc1ccc2c(c1)NC(=S)Cc1cnc(Nc3cc4c(nc3C)CCN(C)C4)nc1-2. The van der Waals surface area contributed by atoms with Crippen LogP contribution in [0.1, 0.15) is 28.1 Å². The molecule has 7 heteroatoms. The van der Waals surface area contributed by atoms with Crippen molar-refractivity contribution in [2.24, 2.45) is 0 Å². The number of nitrogens with one attached hydrogen (secondary N) is 2. The molecule has 1 aromatic carbocycles. The van der Waals surface area contributed by atoms with Gasteiger partial charge < -0.3 is 15.5 Å². The van der Waals surface area contributed by atoms with E-state index in [1.807, 2.05) is 13.1 Å². The molecule has 152 valence electrons. The number of fused-ring (bicyclic) bond motifs is 4. The molecular weight excluding hydrogens is 392 g/mol. The highest BCUT2D eigenvalue weighted by atomic mass is 32.1. The number of hydrogen-bond donors (Lipinski definition) is 2. The van der Waals surface area contributed by atoms with Gasteiger partial charge in [0, 0.05) is 54.6 Å². The predicted octanol–water partition coefficient (Wildman–Crippen LogP) is 4.18. The summed E-state index contributed by atoms with van der Waals surface area (Å²) in [5.41, 5.74) is 9.55. The second-order valence-electron chi connectivity index (χ2n) is 8.18. The molecule has 0 unspecified atom stereocenters. The van der Waals surface area contributed by atoms with Crippen LogP contribution in [-0.2, 0) is 19.4 Å². The molecule has 0 spiro atoms. The summed E-state index contributed by atoms with van der Waals surface area (Å²) in [5.74, 6) is 0.571. The second-order valence-corrected chi connectivity index (χ2v) is 8.67. The van der Waals surface area contributed by atoms with Gasteiger partial charge in [-0.3, -0.25) is 4.98 Å². The van der Waals surface area contributed by atoms with Crippen LogP contribution in [0.2, 0.25) is 0 Å². The quantitative estimate of drug-likeness (QED) is 0.608. The van der Waals surface area contributed by atoms with Crippen LogP contribution in [-0.4, -0.2) is 38.4 Å². The van der Waals surface area contributed by atoms with Crippen LogP contribution in [0.3, 0.4) is 0 Å². The fourth-order valence-corrected chi connectivity index (χ4v) is 4.39. The lowest BCUT2D eigenvalue weighted by molar-refractivity contribution is 0.310. The van der Waals surface area contributed by atoms with Crippen molar-refractivity contribution in [1.82, 2.24) is 19.9 Å². The van der Waals surface area contributed by atoms with Crippen LogP contribution in [0, 0.1) is 13.8 Å². The fourth-order valence-electron chi connectivity index (χ4n) is 4.13. The topological polar surface area (TPSA) is 66.0 Å². The average Bonchev–Trinajstić information content (AvgIpc) is 2.83. The number of anilines is 3. The minimum absolute atomic E-state index is 0.571. The lowest BCUT2D eigenvalue weighted by Gasteiger charge is -2.25. The summed E-state index contributed by atoms with van der Waals surface area (Å²) in [4.78, 5) is 17.4. The largest absolute Gasteiger partial charge is 0.349 e. The van der Waals surface area contributed by atoms with Gasteiger partial charge in [0.2, 0.25) is 5.95 Å². The number of nitrogens with zero attached hydrogens (tertiary/aromatic N) is 4. The van der Waals surface area contributed by atoms with Crippen molar-refractivity contribution < 1.29 is 0 Å². The first-order valence-electron chi connectivity index (χ1n) is 10.2. The molecule has 0 saturated heterocycles. The first-order chi connectivity index (χ1) is 14.5. The molecule has 0 radical (unpaired) electrons. The zero-order valence-electron chi connectivity index (χ0n) is 17.4. The van der Waals surface area contributed by atoms with Crippen LogP contribution in [0.15, 0.2) is 30.5 Å². The minimum Gasteiger partial charge on any atom is -0.349 e. The number of thiocarbonyl (C=S) groups is 1. The van der Waals surface area contributed by atoms with Crippen molar-refractivity contribution >= 4 is 34.5 Å². The molecule has 30 heavy (non-hydrogen) atoms. The lowest BCUT2D eigenvalue weighted by Crippen LogP contribution is -2.27. The normalized spacial score (nSPS) is 15.5. The first-order valence-corrected chi connectivity index (χ1v) is 10.6. The van der Waals surface area contributed by atoms with Gasteiger partial charge >= 0.3 is 0 Å². The molecule has 5 rings (SSSR count). The molecule has 0 aliphatic carbocycles. The van der Waals surface area contributed by atoms with E-state index in [1.165, 1.54) is 16.8 Å². The van der Waals surface area contributed by atoms with Gasteiger partial charge in [-0.15, -0.1) is 0 Å². The van der Waals surface area contributed by atoms with Crippen molar-refractivity contribution in [1.29, 1.82) is 0 Å². The third kappa shape index (κ3) is 3.55. The summed E-state index contributed by atoms with van der Waals surface area (Å²) >= 11 is 5.51. The Balaban J connectivity index is 1.54. The Morgan fingerprint density at radius 1 is 1.13 bits per heavy atom.